The van der Waals surface area contributed by atoms with Gasteiger partial charge in [0, 0.05) is 43.5 Å². The maximum absolute atomic E-state index is 12.7. The number of carbonyl (C=O) groups is 1. The highest BCUT2D eigenvalue weighted by atomic mass is 16.5. The van der Waals surface area contributed by atoms with Crippen LogP contribution in [0.2, 0.25) is 0 Å². The van der Waals surface area contributed by atoms with E-state index in [0.29, 0.717) is 25.3 Å². The number of piperazine rings is 1. The molecule has 0 radical (unpaired) electrons. The average molecular weight is 395 g/mol. The fourth-order valence-corrected chi connectivity index (χ4v) is 3.69. The van der Waals surface area contributed by atoms with E-state index in [1.165, 1.54) is 0 Å². The molecule has 152 valence electrons. The van der Waals surface area contributed by atoms with Crippen LogP contribution in [0.25, 0.3) is 5.82 Å². The van der Waals surface area contributed by atoms with Crippen molar-refractivity contribution in [1.29, 1.82) is 0 Å². The Labute approximate surface area is 169 Å². The van der Waals surface area contributed by atoms with Gasteiger partial charge in [-0.05, 0) is 33.8 Å². The number of carbonyl (C=O) groups excluding carboxylic acids is 1. The summed E-state index contributed by atoms with van der Waals surface area (Å²) < 4.78 is 6.99. The molecule has 1 aliphatic rings. The van der Waals surface area contributed by atoms with Crippen molar-refractivity contribution < 1.29 is 9.32 Å². The summed E-state index contributed by atoms with van der Waals surface area (Å²) >= 11 is 0. The minimum atomic E-state index is 0.102. The minimum absolute atomic E-state index is 0.102. The molecule has 0 atom stereocenters. The van der Waals surface area contributed by atoms with Crippen molar-refractivity contribution in [3.05, 3.63) is 46.9 Å². The Morgan fingerprint density at radius 3 is 2.38 bits per heavy atom. The third-order valence-electron chi connectivity index (χ3n) is 5.33. The molecule has 9 heteroatoms. The van der Waals surface area contributed by atoms with E-state index in [4.69, 9.17) is 4.52 Å². The van der Waals surface area contributed by atoms with Gasteiger partial charge in [-0.3, -0.25) is 4.79 Å². The van der Waals surface area contributed by atoms with Gasteiger partial charge in [0.2, 0.25) is 5.91 Å². The molecule has 1 amide bonds. The molecular weight excluding hydrogens is 370 g/mol. The zero-order valence-corrected chi connectivity index (χ0v) is 17.2. The lowest BCUT2D eigenvalue weighted by Crippen LogP contribution is -2.49. The summed E-state index contributed by atoms with van der Waals surface area (Å²) in [6.07, 6.45) is 1.90. The van der Waals surface area contributed by atoms with Crippen LogP contribution in [0.1, 0.15) is 28.4 Å². The van der Waals surface area contributed by atoms with Crippen molar-refractivity contribution in [3.63, 3.8) is 0 Å². The van der Waals surface area contributed by atoms with E-state index in [0.717, 1.165) is 47.4 Å². The highest BCUT2D eigenvalue weighted by Gasteiger charge is 2.24. The van der Waals surface area contributed by atoms with E-state index < -0.39 is 0 Å². The maximum Gasteiger partial charge on any atom is 0.227 e. The van der Waals surface area contributed by atoms with Crippen LogP contribution in [0.3, 0.4) is 0 Å². The topological polar surface area (TPSA) is 93.2 Å². The summed E-state index contributed by atoms with van der Waals surface area (Å²) in [5, 5.41) is 8.43. The third-order valence-corrected chi connectivity index (χ3v) is 5.33. The molecule has 0 saturated carbocycles. The molecule has 0 unspecified atom stereocenters. The van der Waals surface area contributed by atoms with Gasteiger partial charge >= 0.3 is 0 Å². The molecule has 4 heterocycles. The monoisotopic (exact) mass is 395 g/mol. The highest BCUT2D eigenvalue weighted by molar-refractivity contribution is 5.79. The standard InChI is InChI=1S/C20H25N7O2/c1-13-9-14(2)27(23-13)19-11-18(21-12-22-19)25-5-7-26(8-6-25)20(28)10-17-15(3)24-29-16(17)4/h9,11-12H,5-8,10H2,1-4H3. The van der Waals surface area contributed by atoms with Crippen molar-refractivity contribution in [2.75, 3.05) is 31.1 Å². The van der Waals surface area contributed by atoms with Crippen molar-refractivity contribution in [2.24, 2.45) is 0 Å². The molecule has 3 aromatic heterocycles. The molecule has 1 fully saturated rings. The van der Waals surface area contributed by atoms with E-state index in [1.807, 2.05) is 49.4 Å². The summed E-state index contributed by atoms with van der Waals surface area (Å²) in [7, 11) is 0. The molecule has 1 aliphatic heterocycles. The van der Waals surface area contributed by atoms with Crippen LogP contribution in [0.4, 0.5) is 5.82 Å². The molecule has 1 saturated heterocycles. The van der Waals surface area contributed by atoms with Crippen LogP contribution < -0.4 is 4.90 Å². The van der Waals surface area contributed by atoms with Gasteiger partial charge in [-0.1, -0.05) is 5.16 Å². The zero-order chi connectivity index (χ0) is 20.5. The second kappa shape index (κ2) is 7.65. The second-order valence-corrected chi connectivity index (χ2v) is 7.42. The minimum Gasteiger partial charge on any atom is -0.361 e. The predicted octanol–water partition coefficient (Wildman–Crippen LogP) is 1.78. The molecule has 0 aromatic carbocycles. The van der Waals surface area contributed by atoms with Gasteiger partial charge in [0.15, 0.2) is 5.82 Å². The number of hydrogen-bond acceptors (Lipinski definition) is 7. The Hall–Kier alpha value is -3.23. The number of rotatable bonds is 4. The molecule has 0 aliphatic carbocycles. The molecule has 29 heavy (non-hydrogen) atoms. The summed E-state index contributed by atoms with van der Waals surface area (Å²) in [6, 6.07) is 3.96. The van der Waals surface area contributed by atoms with Gasteiger partial charge in [0.05, 0.1) is 17.8 Å². The first-order valence-corrected chi connectivity index (χ1v) is 9.72. The van der Waals surface area contributed by atoms with Crippen molar-refractivity contribution in [1.82, 2.24) is 29.8 Å². The Morgan fingerprint density at radius 1 is 1.03 bits per heavy atom. The Bertz CT molecular complexity index is 1010. The van der Waals surface area contributed by atoms with Gasteiger partial charge in [-0.25, -0.2) is 14.6 Å². The normalized spacial score (nSPS) is 14.5. The average Bonchev–Trinajstić information content (AvgIpc) is 3.23. The fourth-order valence-electron chi connectivity index (χ4n) is 3.69. The Morgan fingerprint density at radius 2 is 1.76 bits per heavy atom. The first-order valence-electron chi connectivity index (χ1n) is 9.72. The molecule has 9 nitrogen and oxygen atoms in total. The summed E-state index contributed by atoms with van der Waals surface area (Å²) in [5.41, 5.74) is 3.66. The van der Waals surface area contributed by atoms with Crippen molar-refractivity contribution in [2.45, 2.75) is 34.1 Å². The number of nitrogens with zero attached hydrogens (tertiary/aromatic N) is 7. The smallest absolute Gasteiger partial charge is 0.227 e. The summed E-state index contributed by atoms with van der Waals surface area (Å²) in [4.78, 5) is 25.6. The summed E-state index contributed by atoms with van der Waals surface area (Å²) in [6.45, 7) is 10.4. The van der Waals surface area contributed by atoms with E-state index >= 15 is 0 Å². The predicted molar refractivity (Wildman–Crippen MR) is 107 cm³/mol. The van der Waals surface area contributed by atoms with Crippen LogP contribution >= 0.6 is 0 Å². The number of aryl methyl sites for hydroxylation is 4. The van der Waals surface area contributed by atoms with Crippen LogP contribution in [0.5, 0.6) is 0 Å². The molecule has 3 aromatic rings. The maximum atomic E-state index is 12.7. The van der Waals surface area contributed by atoms with Crippen LogP contribution in [0, 0.1) is 27.7 Å². The zero-order valence-electron chi connectivity index (χ0n) is 17.2. The second-order valence-electron chi connectivity index (χ2n) is 7.42. The first kappa shape index (κ1) is 19.1. The fraction of sp³-hybridized carbons (Fsp3) is 0.450. The molecule has 0 bridgehead atoms. The van der Waals surface area contributed by atoms with Crippen LogP contribution in [-0.2, 0) is 11.2 Å². The van der Waals surface area contributed by atoms with Gasteiger partial charge in [0.25, 0.3) is 0 Å². The van der Waals surface area contributed by atoms with Crippen molar-refractivity contribution >= 4 is 11.7 Å². The molecule has 0 N–H and O–H groups in total. The number of anilines is 1. The number of aromatic nitrogens is 5. The highest BCUT2D eigenvalue weighted by Crippen LogP contribution is 2.19. The van der Waals surface area contributed by atoms with Gasteiger partial charge in [0.1, 0.15) is 17.9 Å². The van der Waals surface area contributed by atoms with Gasteiger partial charge in [-0.2, -0.15) is 5.10 Å². The first-order chi connectivity index (χ1) is 13.9. The van der Waals surface area contributed by atoms with E-state index in [2.05, 4.69) is 25.1 Å². The van der Waals surface area contributed by atoms with Crippen LogP contribution in [-0.4, -0.2) is 61.9 Å². The Kier molecular flexibility index (Phi) is 5.04. The summed E-state index contributed by atoms with van der Waals surface area (Å²) in [5.74, 6) is 2.41. The number of amides is 1. The number of hydrogen-bond donors (Lipinski definition) is 0. The van der Waals surface area contributed by atoms with Crippen LogP contribution in [0.15, 0.2) is 23.0 Å². The largest absolute Gasteiger partial charge is 0.361 e. The Balaban J connectivity index is 1.41. The SMILES string of the molecule is Cc1cc(C)n(-c2cc(N3CCN(C(=O)Cc4c(C)noc4C)CC3)ncn2)n1. The van der Waals surface area contributed by atoms with E-state index in [1.54, 1.807) is 6.33 Å². The lowest BCUT2D eigenvalue weighted by atomic mass is 10.1. The van der Waals surface area contributed by atoms with Gasteiger partial charge < -0.3 is 14.3 Å². The molecule has 4 rings (SSSR count). The van der Waals surface area contributed by atoms with Gasteiger partial charge in [-0.15, -0.1) is 0 Å². The van der Waals surface area contributed by atoms with E-state index in [-0.39, 0.29) is 5.91 Å². The lowest BCUT2D eigenvalue weighted by Gasteiger charge is -2.35. The van der Waals surface area contributed by atoms with E-state index in [9.17, 15) is 4.79 Å². The van der Waals surface area contributed by atoms with Crippen molar-refractivity contribution in [3.8, 4) is 5.82 Å². The quantitative estimate of drug-likeness (QED) is 0.665. The lowest BCUT2D eigenvalue weighted by molar-refractivity contribution is -0.130. The molecule has 0 spiro atoms. The third kappa shape index (κ3) is 3.85. The molecular formula is C20H25N7O2.